The van der Waals surface area contributed by atoms with Crippen LogP contribution in [0.4, 0.5) is 4.79 Å². The molecule has 2 fully saturated rings. The SMILES string of the molecule is CN1CC(=O)N(CC(=O)N2C[C@H](O)C[C@H]2C(=O)O)C1=O. The third kappa shape index (κ3) is 2.44. The minimum absolute atomic E-state index is 0.0527. The summed E-state index contributed by atoms with van der Waals surface area (Å²) in [5.41, 5.74) is 0. The average Bonchev–Trinajstić information content (AvgIpc) is 2.85. The number of likely N-dealkylation sites (N-methyl/N-ethyl adjacent to an activating group) is 1. The number of nitrogens with zero attached hydrogens (tertiary/aromatic N) is 3. The second-order valence-corrected chi connectivity index (χ2v) is 4.91. The van der Waals surface area contributed by atoms with Crippen molar-refractivity contribution in [1.29, 1.82) is 0 Å². The maximum atomic E-state index is 12.0. The summed E-state index contributed by atoms with van der Waals surface area (Å²) in [5.74, 6) is -2.38. The number of aliphatic hydroxyl groups is 1. The van der Waals surface area contributed by atoms with Gasteiger partial charge in [0.1, 0.15) is 19.1 Å². The number of β-amino-alcohol motifs (C(OH)–C–C–N with tert-alkyl or cyclic N) is 1. The first kappa shape index (κ1) is 14.3. The van der Waals surface area contributed by atoms with Crippen LogP contribution >= 0.6 is 0 Å². The highest BCUT2D eigenvalue weighted by atomic mass is 16.4. The van der Waals surface area contributed by atoms with Gasteiger partial charge in [0.25, 0.3) is 5.91 Å². The Morgan fingerprint density at radius 3 is 2.50 bits per heavy atom. The van der Waals surface area contributed by atoms with Crippen LogP contribution in [0.1, 0.15) is 6.42 Å². The number of hydrogen-bond donors (Lipinski definition) is 2. The van der Waals surface area contributed by atoms with Crippen LogP contribution in [0, 0.1) is 0 Å². The minimum atomic E-state index is -1.22. The molecular weight excluding hydrogens is 270 g/mol. The zero-order valence-electron chi connectivity index (χ0n) is 10.9. The Balaban J connectivity index is 2.06. The number of carbonyl (C=O) groups is 4. The number of aliphatic carboxylic acids is 1. The van der Waals surface area contributed by atoms with Gasteiger partial charge in [-0.15, -0.1) is 0 Å². The van der Waals surface area contributed by atoms with Crippen molar-refractivity contribution in [2.75, 3.05) is 26.7 Å². The summed E-state index contributed by atoms with van der Waals surface area (Å²) in [6.45, 7) is -0.711. The van der Waals surface area contributed by atoms with Crippen molar-refractivity contribution in [2.45, 2.75) is 18.6 Å². The summed E-state index contributed by atoms with van der Waals surface area (Å²) in [4.78, 5) is 49.2. The molecule has 0 aromatic heterocycles. The van der Waals surface area contributed by atoms with E-state index in [1.165, 1.54) is 11.9 Å². The van der Waals surface area contributed by atoms with Crippen molar-refractivity contribution in [1.82, 2.24) is 14.7 Å². The van der Waals surface area contributed by atoms with E-state index >= 15 is 0 Å². The van der Waals surface area contributed by atoms with E-state index in [4.69, 9.17) is 5.11 Å². The van der Waals surface area contributed by atoms with Crippen molar-refractivity contribution < 1.29 is 29.4 Å². The Morgan fingerprint density at radius 2 is 2.00 bits per heavy atom. The number of hydrogen-bond acceptors (Lipinski definition) is 5. The lowest BCUT2D eigenvalue weighted by Gasteiger charge is -2.23. The van der Waals surface area contributed by atoms with E-state index in [2.05, 4.69) is 0 Å². The minimum Gasteiger partial charge on any atom is -0.480 e. The van der Waals surface area contributed by atoms with E-state index in [1.54, 1.807) is 0 Å². The largest absolute Gasteiger partial charge is 0.480 e. The van der Waals surface area contributed by atoms with E-state index in [0.29, 0.717) is 0 Å². The number of carboxylic acids is 1. The molecule has 0 aromatic rings. The third-order valence-corrected chi connectivity index (χ3v) is 3.41. The number of carboxylic acid groups (broad SMARTS) is 1. The van der Waals surface area contributed by atoms with Crippen LogP contribution in [-0.4, -0.2) is 87.6 Å². The van der Waals surface area contributed by atoms with Crippen LogP contribution < -0.4 is 0 Å². The molecule has 4 amide bonds. The summed E-state index contributed by atoms with van der Waals surface area (Å²) in [7, 11) is 1.43. The van der Waals surface area contributed by atoms with Crippen LogP contribution in [0.5, 0.6) is 0 Å². The maximum Gasteiger partial charge on any atom is 0.327 e. The lowest BCUT2D eigenvalue weighted by molar-refractivity contribution is -0.148. The number of aliphatic hydroxyl groups excluding tert-OH is 1. The summed E-state index contributed by atoms with van der Waals surface area (Å²) < 4.78 is 0. The van der Waals surface area contributed by atoms with Crippen LogP contribution in [0.25, 0.3) is 0 Å². The normalized spacial score (nSPS) is 26.6. The topological polar surface area (TPSA) is 118 Å². The van der Waals surface area contributed by atoms with Gasteiger partial charge in [-0.2, -0.15) is 0 Å². The Labute approximate surface area is 114 Å². The van der Waals surface area contributed by atoms with E-state index in [0.717, 1.165) is 9.80 Å². The molecular formula is C11H15N3O6. The lowest BCUT2D eigenvalue weighted by atomic mass is 10.2. The smallest absolute Gasteiger partial charge is 0.327 e. The molecule has 2 aliphatic heterocycles. The van der Waals surface area contributed by atoms with Gasteiger partial charge in [0, 0.05) is 20.0 Å². The number of amides is 4. The van der Waals surface area contributed by atoms with Crippen molar-refractivity contribution in [3.63, 3.8) is 0 Å². The highest BCUT2D eigenvalue weighted by Gasteiger charge is 2.42. The Morgan fingerprint density at radius 1 is 1.35 bits per heavy atom. The van der Waals surface area contributed by atoms with Crippen LogP contribution in [-0.2, 0) is 14.4 Å². The molecule has 9 nitrogen and oxygen atoms in total. The summed E-state index contributed by atoms with van der Waals surface area (Å²) in [6, 6.07) is -1.71. The van der Waals surface area contributed by atoms with Crippen LogP contribution in [0.3, 0.4) is 0 Å². The van der Waals surface area contributed by atoms with Gasteiger partial charge < -0.3 is 20.0 Å². The first-order valence-electron chi connectivity index (χ1n) is 6.07. The summed E-state index contributed by atoms with van der Waals surface area (Å²) >= 11 is 0. The number of imide groups is 1. The average molecular weight is 285 g/mol. The van der Waals surface area contributed by atoms with Gasteiger partial charge in [0.2, 0.25) is 5.91 Å². The monoisotopic (exact) mass is 285 g/mol. The molecule has 0 spiro atoms. The molecule has 2 N–H and O–H groups in total. The molecule has 2 rings (SSSR count). The molecule has 110 valence electrons. The number of likely N-dealkylation sites (tertiary alicyclic amines) is 1. The molecule has 0 aliphatic carbocycles. The first-order valence-corrected chi connectivity index (χ1v) is 6.07. The van der Waals surface area contributed by atoms with E-state index in [1.807, 2.05) is 0 Å². The fraction of sp³-hybridized carbons (Fsp3) is 0.636. The van der Waals surface area contributed by atoms with Crippen molar-refractivity contribution in [3.05, 3.63) is 0 Å². The van der Waals surface area contributed by atoms with Crippen LogP contribution in [0.2, 0.25) is 0 Å². The lowest BCUT2D eigenvalue weighted by Crippen LogP contribution is -2.47. The molecule has 20 heavy (non-hydrogen) atoms. The summed E-state index contributed by atoms with van der Waals surface area (Å²) in [6.07, 6.45) is -0.962. The van der Waals surface area contributed by atoms with Gasteiger partial charge in [0.05, 0.1) is 6.10 Å². The maximum absolute atomic E-state index is 12.0. The molecule has 9 heteroatoms. The number of urea groups is 1. The first-order chi connectivity index (χ1) is 9.31. The molecule has 2 aliphatic rings. The molecule has 2 heterocycles. The quantitative estimate of drug-likeness (QED) is 0.575. The molecule has 0 aromatic carbocycles. The Hall–Kier alpha value is -2.16. The Kier molecular flexibility index (Phi) is 3.62. The summed E-state index contributed by atoms with van der Waals surface area (Å²) in [5, 5.41) is 18.5. The van der Waals surface area contributed by atoms with E-state index in [-0.39, 0.29) is 19.5 Å². The van der Waals surface area contributed by atoms with Crippen LogP contribution in [0.15, 0.2) is 0 Å². The zero-order valence-corrected chi connectivity index (χ0v) is 10.9. The zero-order chi connectivity index (χ0) is 15.0. The molecule has 2 atom stereocenters. The van der Waals surface area contributed by atoms with Gasteiger partial charge in [-0.1, -0.05) is 0 Å². The molecule has 0 saturated carbocycles. The van der Waals surface area contributed by atoms with Gasteiger partial charge in [-0.05, 0) is 0 Å². The van der Waals surface area contributed by atoms with Gasteiger partial charge in [-0.3, -0.25) is 14.5 Å². The predicted molar refractivity (Wildman–Crippen MR) is 63.5 cm³/mol. The van der Waals surface area contributed by atoms with E-state index in [9.17, 15) is 24.3 Å². The highest BCUT2D eigenvalue weighted by Crippen LogP contribution is 2.19. The molecule has 0 radical (unpaired) electrons. The molecule has 0 unspecified atom stereocenters. The van der Waals surface area contributed by atoms with Crippen molar-refractivity contribution >= 4 is 23.8 Å². The Bertz CT molecular complexity index is 479. The van der Waals surface area contributed by atoms with Gasteiger partial charge >= 0.3 is 12.0 Å². The fourth-order valence-electron chi connectivity index (χ4n) is 2.37. The van der Waals surface area contributed by atoms with Crippen molar-refractivity contribution in [2.24, 2.45) is 0 Å². The second kappa shape index (κ2) is 5.08. The van der Waals surface area contributed by atoms with E-state index < -0.39 is 42.5 Å². The molecule has 0 bridgehead atoms. The van der Waals surface area contributed by atoms with Crippen molar-refractivity contribution in [3.8, 4) is 0 Å². The highest BCUT2D eigenvalue weighted by molar-refractivity contribution is 6.04. The fourth-order valence-corrected chi connectivity index (χ4v) is 2.37. The number of carbonyl (C=O) groups excluding carboxylic acids is 3. The standard InChI is InChI=1S/C11H15N3O6/c1-12-4-8(16)14(11(12)20)5-9(17)13-3-6(15)2-7(13)10(18)19/h6-7,15H,2-5H2,1H3,(H,18,19)/t6-,7+/m1/s1. The van der Waals surface area contributed by atoms with Gasteiger partial charge in [-0.25, -0.2) is 9.59 Å². The molecule has 2 saturated heterocycles. The predicted octanol–water partition coefficient (Wildman–Crippen LogP) is -2.07. The third-order valence-electron chi connectivity index (χ3n) is 3.41. The second-order valence-electron chi connectivity index (χ2n) is 4.91. The van der Waals surface area contributed by atoms with Gasteiger partial charge in [0.15, 0.2) is 0 Å². The number of rotatable bonds is 3.